The van der Waals surface area contributed by atoms with Crippen molar-refractivity contribution in [3.8, 4) is 0 Å². The maximum atomic E-state index is 13.0. The van der Waals surface area contributed by atoms with Crippen LogP contribution in [-0.2, 0) is 4.79 Å². The van der Waals surface area contributed by atoms with Crippen LogP contribution in [-0.4, -0.2) is 11.7 Å². The van der Waals surface area contributed by atoms with Crippen molar-refractivity contribution in [1.29, 1.82) is 0 Å². The third-order valence-corrected chi connectivity index (χ3v) is 3.75. The van der Waals surface area contributed by atoms with Crippen LogP contribution in [0.25, 0.3) is 0 Å². The number of carbonyl (C=O) groups is 1. The lowest BCUT2D eigenvalue weighted by atomic mass is 10.3. The Hall–Kier alpha value is -1.72. The summed E-state index contributed by atoms with van der Waals surface area (Å²) in [6, 6.07) is 10.9. The number of hydrogen-bond acceptors (Lipinski definition) is 3. The van der Waals surface area contributed by atoms with E-state index in [-0.39, 0.29) is 17.5 Å². The summed E-state index contributed by atoms with van der Waals surface area (Å²) in [4.78, 5) is 12.5. The normalized spacial score (nSPS) is 10.3. The first-order chi connectivity index (χ1) is 9.54. The maximum absolute atomic E-state index is 13.0. The maximum Gasteiger partial charge on any atom is 0.234 e. The molecule has 0 saturated heterocycles. The van der Waals surface area contributed by atoms with Crippen LogP contribution in [0.5, 0.6) is 0 Å². The Labute approximate surface area is 125 Å². The highest BCUT2D eigenvalue weighted by molar-refractivity contribution is 8.00. The molecule has 2 aromatic carbocycles. The number of anilines is 2. The van der Waals surface area contributed by atoms with Crippen LogP contribution in [0.15, 0.2) is 47.4 Å². The largest absolute Gasteiger partial charge is 0.399 e. The molecule has 3 N–H and O–H groups in total. The van der Waals surface area contributed by atoms with Crippen molar-refractivity contribution in [2.75, 3.05) is 16.8 Å². The molecule has 3 nitrogen and oxygen atoms in total. The molecule has 2 aromatic rings. The predicted molar refractivity (Wildman–Crippen MR) is 81.6 cm³/mol. The summed E-state index contributed by atoms with van der Waals surface area (Å²) in [7, 11) is 0. The van der Waals surface area contributed by atoms with Gasteiger partial charge in [0.25, 0.3) is 0 Å². The molecule has 0 spiro atoms. The van der Waals surface area contributed by atoms with Gasteiger partial charge >= 0.3 is 0 Å². The standard InChI is InChI=1S/C14H12ClFN2OS/c15-12-5-4-10(17)7-13(12)18-14(19)8-20-11-3-1-2-9(16)6-11/h1-7H,8,17H2,(H,18,19). The molecule has 0 atom stereocenters. The van der Waals surface area contributed by atoms with Crippen LogP contribution in [0.2, 0.25) is 5.02 Å². The summed E-state index contributed by atoms with van der Waals surface area (Å²) >= 11 is 7.20. The van der Waals surface area contributed by atoms with E-state index in [0.717, 1.165) is 0 Å². The van der Waals surface area contributed by atoms with Crippen LogP contribution in [0.4, 0.5) is 15.8 Å². The molecule has 0 aliphatic heterocycles. The van der Waals surface area contributed by atoms with Gasteiger partial charge in [0.05, 0.1) is 16.5 Å². The lowest BCUT2D eigenvalue weighted by molar-refractivity contribution is -0.113. The molecule has 0 aliphatic carbocycles. The molecule has 0 radical (unpaired) electrons. The van der Waals surface area contributed by atoms with Crippen LogP contribution < -0.4 is 11.1 Å². The number of amides is 1. The van der Waals surface area contributed by atoms with Crippen LogP contribution in [0, 0.1) is 5.82 Å². The van der Waals surface area contributed by atoms with E-state index >= 15 is 0 Å². The zero-order valence-electron chi connectivity index (χ0n) is 10.4. The van der Waals surface area contributed by atoms with Crippen molar-refractivity contribution < 1.29 is 9.18 Å². The number of halogens is 2. The minimum atomic E-state index is -0.325. The highest BCUT2D eigenvalue weighted by Crippen LogP contribution is 2.25. The van der Waals surface area contributed by atoms with E-state index in [9.17, 15) is 9.18 Å². The second-order valence-corrected chi connectivity index (χ2v) is 5.49. The molecule has 1 amide bonds. The van der Waals surface area contributed by atoms with E-state index in [4.69, 9.17) is 17.3 Å². The zero-order chi connectivity index (χ0) is 14.5. The van der Waals surface area contributed by atoms with Crippen molar-refractivity contribution in [3.05, 3.63) is 53.3 Å². The Balaban J connectivity index is 1.94. The van der Waals surface area contributed by atoms with Gasteiger partial charge in [-0.15, -0.1) is 11.8 Å². The molecule has 104 valence electrons. The Bertz CT molecular complexity index is 636. The first-order valence-electron chi connectivity index (χ1n) is 5.78. The fraction of sp³-hybridized carbons (Fsp3) is 0.0714. The van der Waals surface area contributed by atoms with Gasteiger partial charge in [-0.1, -0.05) is 17.7 Å². The van der Waals surface area contributed by atoms with Crippen molar-refractivity contribution in [2.45, 2.75) is 4.90 Å². The number of rotatable bonds is 4. The quantitative estimate of drug-likeness (QED) is 0.667. The molecule has 2 rings (SSSR count). The van der Waals surface area contributed by atoms with E-state index in [1.165, 1.54) is 23.9 Å². The van der Waals surface area contributed by atoms with Gasteiger partial charge in [0, 0.05) is 10.6 Å². The first kappa shape index (κ1) is 14.7. The smallest absolute Gasteiger partial charge is 0.234 e. The second kappa shape index (κ2) is 6.63. The number of nitrogen functional groups attached to an aromatic ring is 1. The van der Waals surface area contributed by atoms with Gasteiger partial charge in [-0.25, -0.2) is 4.39 Å². The fourth-order valence-corrected chi connectivity index (χ4v) is 2.44. The van der Waals surface area contributed by atoms with Gasteiger partial charge in [0.15, 0.2) is 0 Å². The lowest BCUT2D eigenvalue weighted by Gasteiger charge is -2.08. The predicted octanol–water partition coefficient (Wildman–Crippen LogP) is 3.79. The van der Waals surface area contributed by atoms with E-state index in [1.807, 2.05) is 0 Å². The number of benzene rings is 2. The average Bonchev–Trinajstić information content (AvgIpc) is 2.41. The van der Waals surface area contributed by atoms with Gasteiger partial charge in [-0.3, -0.25) is 4.79 Å². The van der Waals surface area contributed by atoms with E-state index in [1.54, 1.807) is 30.3 Å². The number of carbonyl (C=O) groups excluding carboxylic acids is 1. The Morgan fingerprint density at radius 2 is 2.10 bits per heavy atom. The molecule has 0 heterocycles. The van der Waals surface area contributed by atoms with E-state index in [0.29, 0.717) is 21.3 Å². The minimum Gasteiger partial charge on any atom is -0.399 e. The average molecular weight is 311 g/mol. The van der Waals surface area contributed by atoms with Crippen LogP contribution in [0.3, 0.4) is 0 Å². The Morgan fingerprint density at radius 1 is 1.30 bits per heavy atom. The molecule has 0 bridgehead atoms. The number of thioether (sulfide) groups is 1. The van der Waals surface area contributed by atoms with Crippen molar-refractivity contribution >= 4 is 40.6 Å². The SMILES string of the molecule is Nc1ccc(Cl)c(NC(=O)CSc2cccc(F)c2)c1. The number of nitrogens with one attached hydrogen (secondary N) is 1. The van der Waals surface area contributed by atoms with Gasteiger partial charge in [0.1, 0.15) is 5.82 Å². The molecule has 0 saturated carbocycles. The van der Waals surface area contributed by atoms with Crippen molar-refractivity contribution in [2.24, 2.45) is 0 Å². The Kier molecular flexibility index (Phi) is 4.87. The summed E-state index contributed by atoms with van der Waals surface area (Å²) in [5.41, 5.74) is 6.61. The molecule has 0 fully saturated rings. The number of nitrogens with two attached hydrogens (primary N) is 1. The van der Waals surface area contributed by atoms with Crippen LogP contribution in [0.1, 0.15) is 0 Å². The highest BCUT2D eigenvalue weighted by Gasteiger charge is 2.07. The molecule has 0 unspecified atom stereocenters. The number of hydrogen-bond donors (Lipinski definition) is 2. The van der Waals surface area contributed by atoms with Gasteiger partial charge in [0.2, 0.25) is 5.91 Å². The third kappa shape index (κ3) is 4.15. The zero-order valence-corrected chi connectivity index (χ0v) is 12.0. The van der Waals surface area contributed by atoms with E-state index < -0.39 is 0 Å². The van der Waals surface area contributed by atoms with E-state index in [2.05, 4.69) is 5.32 Å². The third-order valence-electron chi connectivity index (χ3n) is 2.43. The van der Waals surface area contributed by atoms with Crippen LogP contribution >= 0.6 is 23.4 Å². The highest BCUT2D eigenvalue weighted by atomic mass is 35.5. The molecular weight excluding hydrogens is 299 g/mol. The van der Waals surface area contributed by atoms with Gasteiger partial charge in [-0.05, 0) is 36.4 Å². The molecule has 6 heteroatoms. The van der Waals surface area contributed by atoms with Gasteiger partial charge in [-0.2, -0.15) is 0 Å². The van der Waals surface area contributed by atoms with Crippen molar-refractivity contribution in [3.63, 3.8) is 0 Å². The molecule has 20 heavy (non-hydrogen) atoms. The second-order valence-electron chi connectivity index (χ2n) is 4.03. The Morgan fingerprint density at radius 3 is 2.85 bits per heavy atom. The monoisotopic (exact) mass is 310 g/mol. The molecule has 0 aromatic heterocycles. The first-order valence-corrected chi connectivity index (χ1v) is 7.14. The summed E-state index contributed by atoms with van der Waals surface area (Å²) in [5.74, 6) is -0.393. The topological polar surface area (TPSA) is 55.1 Å². The fourth-order valence-electron chi connectivity index (χ4n) is 1.53. The lowest BCUT2D eigenvalue weighted by Crippen LogP contribution is -2.14. The summed E-state index contributed by atoms with van der Waals surface area (Å²) in [6.45, 7) is 0. The summed E-state index contributed by atoms with van der Waals surface area (Å²) < 4.78 is 13.0. The molecule has 0 aliphatic rings. The van der Waals surface area contributed by atoms with Gasteiger partial charge < -0.3 is 11.1 Å². The molecular formula is C14H12ClFN2OS. The summed E-state index contributed by atoms with van der Waals surface area (Å²) in [6.07, 6.45) is 0. The minimum absolute atomic E-state index is 0.161. The summed E-state index contributed by atoms with van der Waals surface area (Å²) in [5, 5.41) is 3.09. The van der Waals surface area contributed by atoms with Crippen molar-refractivity contribution in [1.82, 2.24) is 0 Å².